The van der Waals surface area contributed by atoms with Crippen molar-refractivity contribution in [1.82, 2.24) is 9.97 Å². The smallest absolute Gasteiger partial charge is 0.166 e. The standard InChI is InChI=1S/C13H15N3S/c1-2-10-5-6-11-12(9-10)16-13(15-11)17-8-4-3-7-14/h5-6,9H,2-4,8H2,1H3,(H,15,16). The van der Waals surface area contributed by atoms with Crippen molar-refractivity contribution in [2.45, 2.75) is 31.3 Å². The Morgan fingerprint density at radius 1 is 1.47 bits per heavy atom. The van der Waals surface area contributed by atoms with Crippen LogP contribution in [0.1, 0.15) is 25.3 Å². The van der Waals surface area contributed by atoms with Crippen molar-refractivity contribution in [2.75, 3.05) is 5.75 Å². The second kappa shape index (κ2) is 5.74. The van der Waals surface area contributed by atoms with Gasteiger partial charge in [-0.05, 0) is 30.5 Å². The van der Waals surface area contributed by atoms with E-state index in [9.17, 15) is 0 Å². The lowest BCUT2D eigenvalue weighted by atomic mass is 10.1. The highest BCUT2D eigenvalue weighted by Gasteiger charge is 2.03. The van der Waals surface area contributed by atoms with Crippen LogP contribution in [0.25, 0.3) is 11.0 Å². The van der Waals surface area contributed by atoms with Crippen LogP contribution in [0, 0.1) is 11.3 Å². The molecule has 0 bridgehead atoms. The molecule has 1 aromatic carbocycles. The van der Waals surface area contributed by atoms with Gasteiger partial charge in [0.05, 0.1) is 17.1 Å². The molecule has 1 aromatic heterocycles. The third-order valence-corrected chi connectivity index (χ3v) is 3.56. The molecule has 0 saturated heterocycles. The molecule has 1 N–H and O–H groups in total. The number of thioether (sulfide) groups is 1. The minimum absolute atomic E-state index is 0.618. The first-order chi connectivity index (χ1) is 8.33. The van der Waals surface area contributed by atoms with Gasteiger partial charge in [-0.1, -0.05) is 24.8 Å². The summed E-state index contributed by atoms with van der Waals surface area (Å²) in [5.41, 5.74) is 3.44. The fourth-order valence-corrected chi connectivity index (χ4v) is 2.47. The maximum atomic E-state index is 8.45. The number of hydrogen-bond donors (Lipinski definition) is 1. The normalized spacial score (nSPS) is 10.6. The predicted octanol–water partition coefficient (Wildman–Crippen LogP) is 3.52. The van der Waals surface area contributed by atoms with Crippen molar-refractivity contribution in [3.8, 4) is 6.07 Å². The Kier molecular flexibility index (Phi) is 4.05. The molecular weight excluding hydrogens is 230 g/mol. The molecule has 2 aromatic rings. The van der Waals surface area contributed by atoms with Gasteiger partial charge >= 0.3 is 0 Å². The molecule has 0 aliphatic carbocycles. The van der Waals surface area contributed by atoms with Crippen LogP contribution in [0.2, 0.25) is 0 Å². The Labute approximate surface area is 105 Å². The van der Waals surface area contributed by atoms with E-state index in [-0.39, 0.29) is 0 Å². The molecule has 0 saturated carbocycles. The summed E-state index contributed by atoms with van der Waals surface area (Å²) in [7, 11) is 0. The first-order valence-electron chi connectivity index (χ1n) is 5.82. The van der Waals surface area contributed by atoms with Gasteiger partial charge in [-0.3, -0.25) is 0 Å². The second-order valence-electron chi connectivity index (χ2n) is 3.86. The molecule has 0 atom stereocenters. The summed E-state index contributed by atoms with van der Waals surface area (Å²) in [6.07, 6.45) is 2.57. The van der Waals surface area contributed by atoms with Crippen molar-refractivity contribution in [1.29, 1.82) is 5.26 Å². The summed E-state index contributed by atoms with van der Waals surface area (Å²) in [5, 5.41) is 9.40. The zero-order chi connectivity index (χ0) is 12.1. The molecule has 3 nitrogen and oxygen atoms in total. The first-order valence-corrected chi connectivity index (χ1v) is 6.80. The van der Waals surface area contributed by atoms with Crippen LogP contribution < -0.4 is 0 Å². The molecule has 0 fully saturated rings. The van der Waals surface area contributed by atoms with Crippen molar-refractivity contribution >= 4 is 22.8 Å². The second-order valence-corrected chi connectivity index (χ2v) is 4.94. The average molecular weight is 245 g/mol. The van der Waals surface area contributed by atoms with Crippen LogP contribution in [0.4, 0.5) is 0 Å². The van der Waals surface area contributed by atoms with Gasteiger partial charge in [0, 0.05) is 12.2 Å². The first kappa shape index (κ1) is 12.0. The van der Waals surface area contributed by atoms with Gasteiger partial charge < -0.3 is 4.98 Å². The number of unbranched alkanes of at least 4 members (excludes halogenated alkanes) is 1. The predicted molar refractivity (Wildman–Crippen MR) is 71.0 cm³/mol. The maximum Gasteiger partial charge on any atom is 0.166 e. The van der Waals surface area contributed by atoms with Crippen LogP contribution >= 0.6 is 11.8 Å². The van der Waals surface area contributed by atoms with E-state index in [4.69, 9.17) is 5.26 Å². The SMILES string of the molecule is CCc1ccc2nc(SCCCC#N)[nH]c2c1. The van der Waals surface area contributed by atoms with E-state index in [0.717, 1.165) is 34.8 Å². The minimum atomic E-state index is 0.618. The molecule has 4 heteroatoms. The lowest BCUT2D eigenvalue weighted by molar-refractivity contribution is 0.972. The van der Waals surface area contributed by atoms with Crippen LogP contribution in [-0.4, -0.2) is 15.7 Å². The van der Waals surface area contributed by atoms with Gasteiger partial charge in [-0.2, -0.15) is 5.26 Å². The zero-order valence-electron chi connectivity index (χ0n) is 9.86. The third kappa shape index (κ3) is 3.01. The fraction of sp³-hybridized carbons (Fsp3) is 0.385. The average Bonchev–Trinajstić information content (AvgIpc) is 2.76. The lowest BCUT2D eigenvalue weighted by Crippen LogP contribution is -1.80. The summed E-state index contributed by atoms with van der Waals surface area (Å²) in [6.45, 7) is 2.15. The number of benzene rings is 1. The molecule has 1 heterocycles. The van der Waals surface area contributed by atoms with E-state index < -0.39 is 0 Å². The van der Waals surface area contributed by atoms with Crippen LogP contribution in [0.5, 0.6) is 0 Å². The number of aromatic amines is 1. The van der Waals surface area contributed by atoms with E-state index in [1.54, 1.807) is 11.8 Å². The van der Waals surface area contributed by atoms with E-state index in [0.29, 0.717) is 6.42 Å². The Hall–Kier alpha value is -1.47. The third-order valence-electron chi connectivity index (χ3n) is 2.60. The number of aryl methyl sites for hydroxylation is 1. The van der Waals surface area contributed by atoms with Crippen molar-refractivity contribution < 1.29 is 0 Å². The van der Waals surface area contributed by atoms with Gasteiger partial charge in [0.1, 0.15) is 0 Å². The molecule has 17 heavy (non-hydrogen) atoms. The van der Waals surface area contributed by atoms with Crippen molar-refractivity contribution in [3.63, 3.8) is 0 Å². The van der Waals surface area contributed by atoms with Crippen LogP contribution in [-0.2, 0) is 6.42 Å². The molecule has 0 unspecified atom stereocenters. The molecule has 0 aliphatic heterocycles. The van der Waals surface area contributed by atoms with E-state index in [1.165, 1.54) is 5.56 Å². The van der Waals surface area contributed by atoms with Crippen LogP contribution in [0.15, 0.2) is 23.4 Å². The molecule has 2 rings (SSSR count). The largest absolute Gasteiger partial charge is 0.333 e. The number of hydrogen-bond acceptors (Lipinski definition) is 3. The summed E-state index contributed by atoms with van der Waals surface area (Å²) in [4.78, 5) is 7.83. The quantitative estimate of drug-likeness (QED) is 0.647. The summed E-state index contributed by atoms with van der Waals surface area (Å²) >= 11 is 1.68. The molecule has 0 amide bonds. The number of H-pyrrole nitrogens is 1. The molecule has 0 spiro atoms. The monoisotopic (exact) mass is 245 g/mol. The Balaban J connectivity index is 2.07. The number of nitrogens with one attached hydrogen (secondary N) is 1. The minimum Gasteiger partial charge on any atom is -0.333 e. The Morgan fingerprint density at radius 2 is 2.35 bits per heavy atom. The highest BCUT2D eigenvalue weighted by Crippen LogP contribution is 2.21. The zero-order valence-corrected chi connectivity index (χ0v) is 10.7. The summed E-state index contributed by atoms with van der Waals surface area (Å²) in [6, 6.07) is 8.48. The summed E-state index contributed by atoms with van der Waals surface area (Å²) < 4.78 is 0. The highest BCUT2D eigenvalue weighted by molar-refractivity contribution is 7.99. The number of aromatic nitrogens is 2. The van der Waals surface area contributed by atoms with Gasteiger partial charge in [0.2, 0.25) is 0 Å². The summed E-state index contributed by atoms with van der Waals surface area (Å²) in [5.74, 6) is 0.939. The topological polar surface area (TPSA) is 52.5 Å². The fourth-order valence-electron chi connectivity index (χ4n) is 1.64. The number of nitrogens with zero attached hydrogens (tertiary/aromatic N) is 2. The molecule has 0 aliphatic rings. The van der Waals surface area contributed by atoms with Gasteiger partial charge in [0.25, 0.3) is 0 Å². The maximum absolute atomic E-state index is 8.45. The number of nitriles is 1. The van der Waals surface area contributed by atoms with E-state index in [1.807, 2.05) is 0 Å². The van der Waals surface area contributed by atoms with Crippen molar-refractivity contribution in [3.05, 3.63) is 23.8 Å². The number of rotatable bonds is 5. The van der Waals surface area contributed by atoms with E-state index in [2.05, 4.69) is 41.2 Å². The lowest BCUT2D eigenvalue weighted by Gasteiger charge is -1.94. The molecule has 88 valence electrons. The molecular formula is C13H15N3S. The van der Waals surface area contributed by atoms with Crippen LogP contribution in [0.3, 0.4) is 0 Å². The molecule has 0 radical (unpaired) electrons. The van der Waals surface area contributed by atoms with Gasteiger partial charge in [0.15, 0.2) is 5.16 Å². The highest BCUT2D eigenvalue weighted by atomic mass is 32.2. The number of imidazole rings is 1. The number of fused-ring (bicyclic) bond motifs is 1. The van der Waals surface area contributed by atoms with Crippen molar-refractivity contribution in [2.24, 2.45) is 0 Å². The Bertz CT molecular complexity index is 539. The van der Waals surface area contributed by atoms with Gasteiger partial charge in [-0.15, -0.1) is 0 Å². The Morgan fingerprint density at radius 3 is 3.12 bits per heavy atom. The van der Waals surface area contributed by atoms with E-state index >= 15 is 0 Å². The van der Waals surface area contributed by atoms with Gasteiger partial charge in [-0.25, -0.2) is 4.98 Å².